The predicted octanol–water partition coefficient (Wildman–Crippen LogP) is 3.56. The molecule has 1 saturated heterocycles. The molecule has 0 atom stereocenters. The highest BCUT2D eigenvalue weighted by molar-refractivity contribution is 5.89. The Morgan fingerprint density at radius 1 is 1.30 bits per heavy atom. The zero-order valence-electron chi connectivity index (χ0n) is 17.1. The molecular formula is C21H33N3O3. The summed E-state index contributed by atoms with van der Waals surface area (Å²) in [5, 5.41) is 2.72. The van der Waals surface area contributed by atoms with E-state index in [-0.39, 0.29) is 5.97 Å². The zero-order chi connectivity index (χ0) is 19.9. The molecule has 1 aromatic rings. The van der Waals surface area contributed by atoms with Crippen molar-refractivity contribution in [3.05, 3.63) is 23.9 Å². The van der Waals surface area contributed by atoms with Crippen LogP contribution in [0.5, 0.6) is 0 Å². The van der Waals surface area contributed by atoms with E-state index in [1.807, 2.05) is 26.8 Å². The number of nitrogens with zero attached hydrogens (tertiary/aromatic N) is 2. The van der Waals surface area contributed by atoms with Crippen LogP contribution in [0, 0.1) is 5.41 Å². The number of rotatable bonds is 8. The van der Waals surface area contributed by atoms with Gasteiger partial charge in [0.05, 0.1) is 5.56 Å². The highest BCUT2D eigenvalue weighted by atomic mass is 16.6. The molecule has 0 bridgehead atoms. The third-order valence-electron chi connectivity index (χ3n) is 5.11. The van der Waals surface area contributed by atoms with Gasteiger partial charge in [-0.15, -0.1) is 0 Å². The molecule has 27 heavy (non-hydrogen) atoms. The monoisotopic (exact) mass is 375 g/mol. The van der Waals surface area contributed by atoms with E-state index in [1.54, 1.807) is 12.3 Å². The van der Waals surface area contributed by atoms with E-state index in [1.165, 1.54) is 6.42 Å². The highest BCUT2D eigenvalue weighted by Crippen LogP contribution is 2.36. The van der Waals surface area contributed by atoms with Gasteiger partial charge in [0, 0.05) is 25.8 Å². The first kappa shape index (κ1) is 21.2. The summed E-state index contributed by atoms with van der Waals surface area (Å²) in [4.78, 5) is 29.1. The van der Waals surface area contributed by atoms with Crippen molar-refractivity contribution >= 4 is 18.2 Å². The fourth-order valence-corrected chi connectivity index (χ4v) is 3.39. The smallest absolute Gasteiger partial charge is 0.340 e. The van der Waals surface area contributed by atoms with Crippen molar-refractivity contribution in [2.24, 2.45) is 5.41 Å². The molecule has 2 heterocycles. The molecule has 1 aliphatic rings. The number of ether oxygens (including phenoxy) is 1. The van der Waals surface area contributed by atoms with E-state index in [2.05, 4.69) is 22.1 Å². The Morgan fingerprint density at radius 2 is 2.00 bits per heavy atom. The molecule has 150 valence electrons. The quantitative estimate of drug-likeness (QED) is 0.427. The fraction of sp³-hybridized carbons (Fsp3) is 0.667. The number of pyridine rings is 1. The van der Waals surface area contributed by atoms with Crippen LogP contribution in [0.15, 0.2) is 18.3 Å². The molecule has 1 aliphatic heterocycles. The number of hydrogen-bond donors (Lipinski definition) is 1. The molecule has 0 spiro atoms. The number of hydrogen-bond acceptors (Lipinski definition) is 5. The Morgan fingerprint density at radius 3 is 2.56 bits per heavy atom. The third kappa shape index (κ3) is 6.85. The first-order chi connectivity index (χ1) is 12.7. The maximum Gasteiger partial charge on any atom is 0.340 e. The number of unbranched alkanes of at least 4 members (excludes halogenated alkanes) is 1. The topological polar surface area (TPSA) is 71.5 Å². The summed E-state index contributed by atoms with van der Waals surface area (Å²) in [5.41, 5.74) is 0.337. The maximum absolute atomic E-state index is 12.1. The van der Waals surface area contributed by atoms with Gasteiger partial charge >= 0.3 is 5.97 Å². The molecule has 0 saturated carbocycles. The first-order valence-corrected chi connectivity index (χ1v) is 9.84. The molecule has 1 amide bonds. The number of aromatic nitrogens is 1. The van der Waals surface area contributed by atoms with Crippen molar-refractivity contribution in [3.8, 4) is 0 Å². The third-order valence-corrected chi connectivity index (χ3v) is 5.11. The van der Waals surface area contributed by atoms with Crippen LogP contribution in [0.1, 0.15) is 70.2 Å². The van der Waals surface area contributed by atoms with E-state index in [9.17, 15) is 9.59 Å². The van der Waals surface area contributed by atoms with Gasteiger partial charge in [0.15, 0.2) is 0 Å². The van der Waals surface area contributed by atoms with Gasteiger partial charge in [0.1, 0.15) is 11.4 Å². The molecule has 1 fully saturated rings. The normalized spacial score (nSPS) is 16.7. The summed E-state index contributed by atoms with van der Waals surface area (Å²) in [6, 6.07) is 3.71. The van der Waals surface area contributed by atoms with Crippen LogP contribution in [-0.2, 0) is 9.53 Å². The minimum absolute atomic E-state index is 0.336. The van der Waals surface area contributed by atoms with E-state index in [4.69, 9.17) is 4.74 Å². The molecule has 0 radical (unpaired) electrons. The molecule has 6 heteroatoms. The molecule has 1 N–H and O–H groups in total. The second-order valence-corrected chi connectivity index (χ2v) is 8.73. The van der Waals surface area contributed by atoms with E-state index >= 15 is 0 Å². The second kappa shape index (κ2) is 9.20. The SMILES string of the molecule is CC1(CCCCNC=O)CCN(c2ccc(C(=O)OC(C)(C)C)cn2)CC1. The average molecular weight is 376 g/mol. The van der Waals surface area contributed by atoms with Crippen LogP contribution in [0.2, 0.25) is 0 Å². The van der Waals surface area contributed by atoms with Crippen molar-refractivity contribution in [1.29, 1.82) is 0 Å². The number of esters is 1. The lowest BCUT2D eigenvalue weighted by atomic mass is 9.76. The van der Waals surface area contributed by atoms with Gasteiger partial charge in [0.2, 0.25) is 6.41 Å². The van der Waals surface area contributed by atoms with E-state index in [0.717, 1.165) is 57.5 Å². The Bertz CT molecular complexity index is 615. The van der Waals surface area contributed by atoms with Gasteiger partial charge in [-0.05, 0) is 64.0 Å². The van der Waals surface area contributed by atoms with Crippen LogP contribution in [0.3, 0.4) is 0 Å². The average Bonchev–Trinajstić information content (AvgIpc) is 2.61. The van der Waals surface area contributed by atoms with Crippen LogP contribution in [0.25, 0.3) is 0 Å². The second-order valence-electron chi connectivity index (χ2n) is 8.73. The summed E-state index contributed by atoms with van der Waals surface area (Å²) in [5.74, 6) is 0.580. The van der Waals surface area contributed by atoms with Gasteiger partial charge < -0.3 is 15.0 Å². The Balaban J connectivity index is 1.83. The molecule has 0 aromatic carbocycles. The maximum atomic E-state index is 12.1. The van der Waals surface area contributed by atoms with Crippen LogP contribution < -0.4 is 10.2 Å². The Labute approximate surface area is 162 Å². The van der Waals surface area contributed by atoms with E-state index < -0.39 is 5.60 Å². The summed E-state index contributed by atoms with van der Waals surface area (Å²) < 4.78 is 5.38. The molecule has 1 aromatic heterocycles. The Kier molecular flexibility index (Phi) is 7.22. The fourth-order valence-electron chi connectivity index (χ4n) is 3.39. The van der Waals surface area contributed by atoms with Gasteiger partial charge in [-0.3, -0.25) is 4.79 Å². The number of anilines is 1. The first-order valence-electron chi connectivity index (χ1n) is 9.84. The van der Waals surface area contributed by atoms with Crippen molar-refractivity contribution in [2.45, 2.75) is 65.4 Å². The molecule has 0 unspecified atom stereocenters. The zero-order valence-corrected chi connectivity index (χ0v) is 17.1. The summed E-state index contributed by atoms with van der Waals surface area (Å²) in [6.07, 6.45) is 7.99. The van der Waals surface area contributed by atoms with Crippen LogP contribution in [-0.4, -0.2) is 42.6 Å². The predicted molar refractivity (Wildman–Crippen MR) is 107 cm³/mol. The van der Waals surface area contributed by atoms with Gasteiger partial charge in [-0.2, -0.15) is 0 Å². The van der Waals surface area contributed by atoms with Gasteiger partial charge in [-0.1, -0.05) is 13.3 Å². The van der Waals surface area contributed by atoms with Crippen LogP contribution >= 0.6 is 0 Å². The number of piperidine rings is 1. The van der Waals surface area contributed by atoms with Gasteiger partial charge in [-0.25, -0.2) is 9.78 Å². The summed E-state index contributed by atoms with van der Waals surface area (Å²) in [6.45, 7) is 10.6. The summed E-state index contributed by atoms with van der Waals surface area (Å²) in [7, 11) is 0. The summed E-state index contributed by atoms with van der Waals surface area (Å²) >= 11 is 0. The number of amides is 1. The van der Waals surface area contributed by atoms with Crippen molar-refractivity contribution < 1.29 is 14.3 Å². The van der Waals surface area contributed by atoms with Crippen molar-refractivity contribution in [1.82, 2.24) is 10.3 Å². The minimum atomic E-state index is -0.504. The van der Waals surface area contributed by atoms with Gasteiger partial charge in [0.25, 0.3) is 0 Å². The lowest BCUT2D eigenvalue weighted by molar-refractivity contribution is -0.109. The van der Waals surface area contributed by atoms with Crippen molar-refractivity contribution in [2.75, 3.05) is 24.5 Å². The number of nitrogens with one attached hydrogen (secondary N) is 1. The molecule has 6 nitrogen and oxygen atoms in total. The lowest BCUT2D eigenvalue weighted by Gasteiger charge is -2.40. The molecular weight excluding hydrogens is 342 g/mol. The minimum Gasteiger partial charge on any atom is -0.456 e. The van der Waals surface area contributed by atoms with Crippen molar-refractivity contribution in [3.63, 3.8) is 0 Å². The standard InChI is InChI=1S/C21H33N3O3/c1-20(2,3)27-19(26)17-7-8-18(23-15-17)24-13-10-21(4,11-14-24)9-5-6-12-22-16-25/h7-8,15-16H,5-6,9-14H2,1-4H3,(H,22,25). The van der Waals surface area contributed by atoms with E-state index in [0.29, 0.717) is 11.0 Å². The number of carbonyl (C=O) groups is 2. The number of carbonyl (C=O) groups excluding carboxylic acids is 2. The van der Waals surface area contributed by atoms with Crippen LogP contribution in [0.4, 0.5) is 5.82 Å². The molecule has 2 rings (SSSR count). The largest absolute Gasteiger partial charge is 0.456 e. The Hall–Kier alpha value is -2.11. The molecule has 0 aliphatic carbocycles. The lowest BCUT2D eigenvalue weighted by Crippen LogP contribution is -2.39. The highest BCUT2D eigenvalue weighted by Gasteiger charge is 2.30.